The summed E-state index contributed by atoms with van der Waals surface area (Å²) in [6, 6.07) is 7.70. The molecule has 0 aliphatic carbocycles. The van der Waals surface area contributed by atoms with Crippen LogP contribution in [0.3, 0.4) is 0 Å². The zero-order valence-corrected chi connectivity index (χ0v) is 23.6. The standard InChI is InChI=1S/C28H33ClN4O3S/c1-6-8-22(34)20(26-31-25-21(29)9-7-10-23(25)37-26)16-19-17-30-24(15-18(19)2)32-11-13-33(14-12-32)27(35)36-28(3,4)5/h7,9-10,15-17H,6,8,11-14H2,1-5H3/b20-16+. The predicted octanol–water partition coefficient (Wildman–Crippen LogP) is 6.62. The Labute approximate surface area is 227 Å². The normalized spacial score (nSPS) is 14.8. The monoisotopic (exact) mass is 540 g/mol. The lowest BCUT2D eigenvalue weighted by Gasteiger charge is -2.36. The molecule has 0 atom stereocenters. The number of carbonyl (C=O) groups is 2. The second kappa shape index (κ2) is 11.2. The van der Waals surface area contributed by atoms with Gasteiger partial charge in [0.25, 0.3) is 0 Å². The third kappa shape index (κ3) is 6.48. The van der Waals surface area contributed by atoms with Crippen LogP contribution in [0, 0.1) is 6.92 Å². The first kappa shape index (κ1) is 27.1. The molecule has 0 saturated carbocycles. The van der Waals surface area contributed by atoms with Crippen molar-refractivity contribution in [2.75, 3.05) is 31.1 Å². The maximum Gasteiger partial charge on any atom is 0.410 e. The number of hydrogen-bond donors (Lipinski definition) is 0. The molecule has 2 aromatic heterocycles. The van der Waals surface area contributed by atoms with E-state index in [-0.39, 0.29) is 11.9 Å². The van der Waals surface area contributed by atoms with Gasteiger partial charge in [-0.15, -0.1) is 11.3 Å². The van der Waals surface area contributed by atoms with Crippen molar-refractivity contribution in [3.8, 4) is 0 Å². The van der Waals surface area contributed by atoms with Crippen LogP contribution in [0.15, 0.2) is 30.5 Å². The number of aryl methyl sites for hydroxylation is 1. The van der Waals surface area contributed by atoms with Gasteiger partial charge in [-0.2, -0.15) is 0 Å². The molecular formula is C28H33ClN4O3S. The van der Waals surface area contributed by atoms with Crippen LogP contribution in [0.4, 0.5) is 10.6 Å². The van der Waals surface area contributed by atoms with E-state index >= 15 is 0 Å². The summed E-state index contributed by atoms with van der Waals surface area (Å²) in [7, 11) is 0. The van der Waals surface area contributed by atoms with Crippen LogP contribution in [0.5, 0.6) is 0 Å². The summed E-state index contributed by atoms with van der Waals surface area (Å²) in [5.41, 5.74) is 2.69. The molecule has 37 heavy (non-hydrogen) atoms. The number of rotatable bonds is 6. The molecule has 0 spiro atoms. The number of ketones is 1. The molecule has 1 saturated heterocycles. The Balaban J connectivity index is 1.55. The predicted molar refractivity (Wildman–Crippen MR) is 151 cm³/mol. The van der Waals surface area contributed by atoms with E-state index in [4.69, 9.17) is 26.3 Å². The maximum atomic E-state index is 13.1. The van der Waals surface area contributed by atoms with Crippen molar-refractivity contribution in [2.45, 2.75) is 53.1 Å². The molecule has 0 radical (unpaired) electrons. The van der Waals surface area contributed by atoms with E-state index < -0.39 is 5.60 Å². The fraction of sp³-hybridized carbons (Fsp3) is 0.429. The molecule has 1 aliphatic rings. The molecule has 9 heteroatoms. The van der Waals surface area contributed by atoms with Gasteiger partial charge < -0.3 is 14.5 Å². The topological polar surface area (TPSA) is 75.6 Å². The highest BCUT2D eigenvalue weighted by Gasteiger charge is 2.26. The number of halogens is 1. The second-order valence-electron chi connectivity index (χ2n) is 10.2. The van der Waals surface area contributed by atoms with Crippen molar-refractivity contribution in [1.82, 2.24) is 14.9 Å². The van der Waals surface area contributed by atoms with E-state index in [1.54, 1.807) is 4.90 Å². The number of anilines is 1. The summed E-state index contributed by atoms with van der Waals surface area (Å²) in [4.78, 5) is 38.8. The molecule has 0 unspecified atom stereocenters. The minimum absolute atomic E-state index is 0.0550. The molecule has 3 heterocycles. The van der Waals surface area contributed by atoms with E-state index in [1.165, 1.54) is 11.3 Å². The number of benzene rings is 1. The lowest BCUT2D eigenvalue weighted by atomic mass is 10.0. The van der Waals surface area contributed by atoms with Crippen LogP contribution in [0.25, 0.3) is 21.9 Å². The van der Waals surface area contributed by atoms with Gasteiger partial charge in [-0.1, -0.05) is 24.6 Å². The quantitative estimate of drug-likeness (QED) is 0.327. The number of amides is 1. The molecule has 0 N–H and O–H groups in total. The molecule has 1 aliphatic heterocycles. The summed E-state index contributed by atoms with van der Waals surface area (Å²) in [6.45, 7) is 12.1. The first-order valence-corrected chi connectivity index (χ1v) is 13.7. The van der Waals surface area contributed by atoms with Gasteiger partial charge >= 0.3 is 6.09 Å². The van der Waals surface area contributed by atoms with Gasteiger partial charge in [0.05, 0.1) is 15.3 Å². The number of carbonyl (C=O) groups excluding carboxylic acids is 2. The summed E-state index contributed by atoms with van der Waals surface area (Å²) in [5, 5.41) is 1.25. The smallest absolute Gasteiger partial charge is 0.410 e. The molecule has 1 amide bonds. The fourth-order valence-electron chi connectivity index (χ4n) is 4.13. The van der Waals surface area contributed by atoms with Gasteiger partial charge in [-0.3, -0.25) is 4.79 Å². The largest absolute Gasteiger partial charge is 0.444 e. The fourth-order valence-corrected chi connectivity index (χ4v) is 5.43. The minimum Gasteiger partial charge on any atom is -0.444 e. The van der Waals surface area contributed by atoms with Crippen molar-refractivity contribution in [2.24, 2.45) is 0 Å². The number of hydrogen-bond acceptors (Lipinski definition) is 7. The zero-order chi connectivity index (χ0) is 26.7. The Hall–Kier alpha value is -2.97. The number of pyridine rings is 1. The van der Waals surface area contributed by atoms with Gasteiger partial charge in [-0.25, -0.2) is 14.8 Å². The molecule has 3 aromatic rings. The average molecular weight is 541 g/mol. The second-order valence-corrected chi connectivity index (χ2v) is 11.6. The molecule has 1 aromatic carbocycles. The van der Waals surface area contributed by atoms with E-state index in [1.807, 2.05) is 71.2 Å². The van der Waals surface area contributed by atoms with Crippen molar-refractivity contribution >= 4 is 62.5 Å². The van der Waals surface area contributed by atoms with Crippen molar-refractivity contribution in [1.29, 1.82) is 0 Å². The highest BCUT2D eigenvalue weighted by Crippen LogP contribution is 2.33. The number of para-hydroxylation sites is 1. The molecule has 196 valence electrons. The van der Waals surface area contributed by atoms with Gasteiger partial charge in [0.15, 0.2) is 5.78 Å². The highest BCUT2D eigenvalue weighted by molar-refractivity contribution is 7.20. The summed E-state index contributed by atoms with van der Waals surface area (Å²) in [5.74, 6) is 0.908. The Morgan fingerprint density at radius 3 is 2.54 bits per heavy atom. The third-order valence-corrected chi connectivity index (χ3v) is 7.43. The number of nitrogens with zero attached hydrogens (tertiary/aromatic N) is 4. The van der Waals surface area contributed by atoms with Gasteiger partial charge in [-0.05, 0) is 69.5 Å². The molecule has 7 nitrogen and oxygen atoms in total. The summed E-state index contributed by atoms with van der Waals surface area (Å²) in [6.07, 6.45) is 4.63. The number of piperazine rings is 1. The van der Waals surface area contributed by atoms with Crippen LogP contribution < -0.4 is 4.90 Å². The average Bonchev–Trinajstić information content (AvgIpc) is 3.28. The first-order valence-electron chi connectivity index (χ1n) is 12.6. The number of ether oxygens (including phenoxy) is 1. The Morgan fingerprint density at radius 1 is 1.19 bits per heavy atom. The van der Waals surface area contributed by atoms with Gasteiger partial charge in [0, 0.05) is 38.8 Å². The zero-order valence-electron chi connectivity index (χ0n) is 22.0. The summed E-state index contributed by atoms with van der Waals surface area (Å²) < 4.78 is 6.45. The third-order valence-electron chi connectivity index (χ3n) is 6.07. The SMILES string of the molecule is CCCC(=O)/C(=C\c1cnc(N2CCN(C(=O)OC(C)(C)C)CC2)cc1C)c1nc2c(Cl)cccc2s1. The van der Waals surface area contributed by atoms with Crippen LogP contribution in [0.1, 0.15) is 56.7 Å². The highest BCUT2D eigenvalue weighted by atomic mass is 35.5. The Morgan fingerprint density at radius 2 is 1.92 bits per heavy atom. The van der Waals surface area contributed by atoms with E-state index in [9.17, 15) is 9.59 Å². The van der Waals surface area contributed by atoms with E-state index in [0.717, 1.165) is 33.6 Å². The number of fused-ring (bicyclic) bond motifs is 1. The van der Waals surface area contributed by atoms with E-state index in [2.05, 4.69) is 4.90 Å². The van der Waals surface area contributed by atoms with Crippen molar-refractivity contribution < 1.29 is 14.3 Å². The Kier molecular flexibility index (Phi) is 8.19. The molecule has 4 rings (SSSR count). The van der Waals surface area contributed by atoms with Crippen LogP contribution in [0.2, 0.25) is 5.02 Å². The van der Waals surface area contributed by atoms with E-state index in [0.29, 0.717) is 48.2 Å². The maximum absolute atomic E-state index is 13.1. The van der Waals surface area contributed by atoms with Gasteiger partial charge in [0.2, 0.25) is 0 Å². The van der Waals surface area contributed by atoms with Gasteiger partial charge in [0.1, 0.15) is 21.9 Å². The van der Waals surface area contributed by atoms with Crippen molar-refractivity contribution in [3.63, 3.8) is 0 Å². The number of thiazole rings is 1. The molecular weight excluding hydrogens is 508 g/mol. The first-order chi connectivity index (χ1) is 17.6. The number of allylic oxidation sites excluding steroid dienone is 1. The lowest BCUT2D eigenvalue weighted by molar-refractivity contribution is -0.113. The summed E-state index contributed by atoms with van der Waals surface area (Å²) >= 11 is 7.82. The minimum atomic E-state index is -0.509. The molecule has 1 fully saturated rings. The number of aromatic nitrogens is 2. The van der Waals surface area contributed by atoms with Crippen LogP contribution >= 0.6 is 22.9 Å². The number of Topliss-reactive ketones (excluding diaryl/α,β-unsaturated/α-hetero) is 1. The lowest BCUT2D eigenvalue weighted by Crippen LogP contribution is -2.50. The van der Waals surface area contributed by atoms with Crippen LogP contribution in [-0.2, 0) is 9.53 Å². The Bertz CT molecular complexity index is 1340. The van der Waals surface area contributed by atoms with Crippen LogP contribution in [-0.4, -0.2) is 58.5 Å². The molecule has 0 bridgehead atoms. The van der Waals surface area contributed by atoms with Crippen molar-refractivity contribution in [3.05, 3.63) is 51.6 Å².